The van der Waals surface area contributed by atoms with Crippen LogP contribution < -0.4 is 0 Å². The molecule has 0 aliphatic carbocycles. The molecule has 1 amide bonds. The normalized spacial score (nSPS) is 22.5. The van der Waals surface area contributed by atoms with E-state index in [1.54, 1.807) is 12.2 Å². The van der Waals surface area contributed by atoms with Crippen molar-refractivity contribution in [1.29, 1.82) is 0 Å². The largest absolute Gasteiger partial charge is 0.462 e. The fraction of sp³-hybridized carbons (Fsp3) is 0.500. The van der Waals surface area contributed by atoms with Gasteiger partial charge in [-0.3, -0.25) is 9.79 Å². The molecule has 1 aromatic heterocycles. The predicted octanol–water partition coefficient (Wildman–Crippen LogP) is 2.24. The van der Waals surface area contributed by atoms with Gasteiger partial charge in [-0.1, -0.05) is 18.7 Å². The number of rotatable bonds is 2. The first-order valence-electron chi connectivity index (χ1n) is 7.61. The number of carbonyl (C=O) groups excluding carboxylic acids is 1. The highest BCUT2D eigenvalue weighted by Crippen LogP contribution is 2.23. The van der Waals surface area contributed by atoms with Crippen LogP contribution in [0.4, 0.5) is 0 Å². The van der Waals surface area contributed by atoms with Crippen molar-refractivity contribution in [3.63, 3.8) is 0 Å². The Morgan fingerprint density at radius 3 is 2.73 bits per heavy atom. The van der Waals surface area contributed by atoms with Gasteiger partial charge in [-0.05, 0) is 25.1 Å². The number of furan rings is 1. The van der Waals surface area contributed by atoms with E-state index < -0.39 is 0 Å². The standard InChI is InChI=1S/C16H21N3O2S/c1-12-3-4-14(21-12)5-6-15(20)18-7-9-19(10-8-18)16-17-11-13(2)22-16/h3-6,13H,7-11H2,1-2H3/b6-5+/t13-/m0/s1. The van der Waals surface area contributed by atoms with Gasteiger partial charge in [0.1, 0.15) is 11.5 Å². The van der Waals surface area contributed by atoms with Gasteiger partial charge >= 0.3 is 0 Å². The zero-order valence-electron chi connectivity index (χ0n) is 13.0. The number of amides is 1. The molecule has 5 nitrogen and oxygen atoms in total. The van der Waals surface area contributed by atoms with Crippen LogP contribution in [-0.2, 0) is 4.79 Å². The summed E-state index contributed by atoms with van der Waals surface area (Å²) in [5.74, 6) is 1.61. The van der Waals surface area contributed by atoms with Crippen LogP contribution in [0.2, 0.25) is 0 Å². The van der Waals surface area contributed by atoms with Crippen LogP contribution in [0.3, 0.4) is 0 Å². The minimum atomic E-state index is 0.0445. The second-order valence-corrected chi connectivity index (χ2v) is 7.05. The SMILES string of the molecule is Cc1ccc(/C=C/C(=O)N2CCN(C3=NC[C@H](C)S3)CC2)o1. The number of carbonyl (C=O) groups is 1. The molecule has 0 saturated carbocycles. The van der Waals surface area contributed by atoms with E-state index in [2.05, 4.69) is 16.8 Å². The third kappa shape index (κ3) is 3.55. The van der Waals surface area contributed by atoms with Crippen LogP contribution >= 0.6 is 11.8 Å². The maximum atomic E-state index is 12.2. The van der Waals surface area contributed by atoms with Gasteiger partial charge in [0.05, 0.1) is 6.54 Å². The summed E-state index contributed by atoms with van der Waals surface area (Å²) in [7, 11) is 0. The Morgan fingerprint density at radius 1 is 1.36 bits per heavy atom. The summed E-state index contributed by atoms with van der Waals surface area (Å²) in [6.07, 6.45) is 3.33. The average Bonchev–Trinajstić information content (AvgIpc) is 3.13. The highest BCUT2D eigenvalue weighted by Gasteiger charge is 2.25. The molecule has 0 N–H and O–H groups in total. The van der Waals surface area contributed by atoms with Gasteiger partial charge in [-0.15, -0.1) is 0 Å². The summed E-state index contributed by atoms with van der Waals surface area (Å²) in [4.78, 5) is 20.9. The Labute approximate surface area is 135 Å². The van der Waals surface area contributed by atoms with Gasteiger partial charge in [-0.25, -0.2) is 0 Å². The lowest BCUT2D eigenvalue weighted by Crippen LogP contribution is -2.49. The van der Waals surface area contributed by atoms with E-state index in [0.717, 1.165) is 49.4 Å². The Balaban J connectivity index is 1.50. The summed E-state index contributed by atoms with van der Waals surface area (Å²) in [5.41, 5.74) is 0. The number of amidine groups is 1. The minimum absolute atomic E-state index is 0.0445. The van der Waals surface area contributed by atoms with Crippen molar-refractivity contribution in [2.75, 3.05) is 32.7 Å². The van der Waals surface area contributed by atoms with Crippen LogP contribution in [-0.4, -0.2) is 58.8 Å². The fourth-order valence-electron chi connectivity index (χ4n) is 2.56. The molecule has 118 valence electrons. The second kappa shape index (κ2) is 6.60. The van der Waals surface area contributed by atoms with Crippen LogP contribution in [0.15, 0.2) is 27.6 Å². The summed E-state index contributed by atoms with van der Waals surface area (Å²) in [5, 5.41) is 1.72. The van der Waals surface area contributed by atoms with E-state index in [1.807, 2.05) is 35.7 Å². The summed E-state index contributed by atoms with van der Waals surface area (Å²) in [6, 6.07) is 3.76. The number of thioether (sulfide) groups is 1. The van der Waals surface area contributed by atoms with E-state index in [-0.39, 0.29) is 5.91 Å². The van der Waals surface area contributed by atoms with Gasteiger partial charge < -0.3 is 14.2 Å². The lowest BCUT2D eigenvalue weighted by atomic mass is 10.3. The van der Waals surface area contributed by atoms with Crippen molar-refractivity contribution < 1.29 is 9.21 Å². The van der Waals surface area contributed by atoms with E-state index >= 15 is 0 Å². The Hall–Kier alpha value is -1.69. The molecular weight excluding hydrogens is 298 g/mol. The number of aliphatic imine (C=N–C) groups is 1. The minimum Gasteiger partial charge on any atom is -0.462 e. The average molecular weight is 319 g/mol. The first-order chi connectivity index (χ1) is 10.6. The molecule has 2 aliphatic heterocycles. The highest BCUT2D eigenvalue weighted by atomic mass is 32.2. The Kier molecular flexibility index (Phi) is 4.57. The lowest BCUT2D eigenvalue weighted by molar-refractivity contribution is -0.127. The van der Waals surface area contributed by atoms with Crippen molar-refractivity contribution in [2.45, 2.75) is 19.1 Å². The third-order valence-electron chi connectivity index (χ3n) is 3.80. The lowest BCUT2D eigenvalue weighted by Gasteiger charge is -2.35. The van der Waals surface area contributed by atoms with Crippen molar-refractivity contribution in [3.8, 4) is 0 Å². The topological polar surface area (TPSA) is 49.1 Å². The molecule has 0 aromatic carbocycles. The van der Waals surface area contributed by atoms with Crippen molar-refractivity contribution >= 4 is 28.9 Å². The first-order valence-corrected chi connectivity index (χ1v) is 8.49. The molecule has 1 aromatic rings. The van der Waals surface area contributed by atoms with E-state index in [0.29, 0.717) is 5.25 Å². The van der Waals surface area contributed by atoms with Crippen molar-refractivity contribution in [2.24, 2.45) is 4.99 Å². The molecule has 0 unspecified atom stereocenters. The Morgan fingerprint density at radius 2 is 2.14 bits per heavy atom. The maximum Gasteiger partial charge on any atom is 0.246 e. The monoisotopic (exact) mass is 319 g/mol. The molecule has 3 heterocycles. The molecule has 1 saturated heterocycles. The number of hydrogen-bond donors (Lipinski definition) is 0. The maximum absolute atomic E-state index is 12.2. The molecule has 1 atom stereocenters. The fourth-order valence-corrected chi connectivity index (χ4v) is 3.55. The molecule has 0 bridgehead atoms. The highest BCUT2D eigenvalue weighted by molar-refractivity contribution is 8.14. The van der Waals surface area contributed by atoms with Gasteiger partial charge in [0.15, 0.2) is 5.17 Å². The number of nitrogens with zero attached hydrogens (tertiary/aromatic N) is 3. The number of piperazine rings is 1. The van der Waals surface area contributed by atoms with Crippen LogP contribution in [0, 0.1) is 6.92 Å². The quantitative estimate of drug-likeness (QED) is 0.785. The zero-order chi connectivity index (χ0) is 15.5. The first kappa shape index (κ1) is 15.2. The van der Waals surface area contributed by atoms with Crippen molar-refractivity contribution in [3.05, 3.63) is 29.7 Å². The zero-order valence-corrected chi connectivity index (χ0v) is 13.8. The summed E-state index contributed by atoms with van der Waals surface area (Å²) < 4.78 is 5.43. The number of hydrogen-bond acceptors (Lipinski definition) is 5. The predicted molar refractivity (Wildman–Crippen MR) is 90.0 cm³/mol. The molecule has 6 heteroatoms. The third-order valence-corrected chi connectivity index (χ3v) is 4.95. The van der Waals surface area contributed by atoms with E-state index in [1.165, 1.54) is 0 Å². The second-order valence-electron chi connectivity index (χ2n) is 5.65. The van der Waals surface area contributed by atoms with Gasteiger partial charge in [0.2, 0.25) is 5.91 Å². The van der Waals surface area contributed by atoms with E-state index in [4.69, 9.17) is 4.42 Å². The van der Waals surface area contributed by atoms with E-state index in [9.17, 15) is 4.79 Å². The molecule has 1 fully saturated rings. The Bertz CT molecular complexity index is 600. The van der Waals surface area contributed by atoms with Gasteiger partial charge in [0, 0.05) is 37.5 Å². The molecular formula is C16H21N3O2S. The van der Waals surface area contributed by atoms with Gasteiger partial charge in [-0.2, -0.15) is 0 Å². The van der Waals surface area contributed by atoms with Crippen LogP contribution in [0.5, 0.6) is 0 Å². The van der Waals surface area contributed by atoms with Crippen molar-refractivity contribution in [1.82, 2.24) is 9.80 Å². The molecule has 3 rings (SSSR count). The molecule has 0 spiro atoms. The smallest absolute Gasteiger partial charge is 0.246 e. The molecule has 0 radical (unpaired) electrons. The molecule has 22 heavy (non-hydrogen) atoms. The van der Waals surface area contributed by atoms with Crippen LogP contribution in [0.25, 0.3) is 6.08 Å². The summed E-state index contributed by atoms with van der Waals surface area (Å²) in [6.45, 7) is 8.20. The summed E-state index contributed by atoms with van der Waals surface area (Å²) >= 11 is 1.84. The molecule has 2 aliphatic rings. The number of aryl methyl sites for hydroxylation is 1. The van der Waals surface area contributed by atoms with Gasteiger partial charge in [0.25, 0.3) is 0 Å². The van der Waals surface area contributed by atoms with Crippen LogP contribution in [0.1, 0.15) is 18.4 Å².